The average Bonchev–Trinajstić information content (AvgIpc) is 1.66. The molecule has 0 radical (unpaired) electrons. The first-order valence-electron chi connectivity index (χ1n) is 30.1. The predicted molar refractivity (Wildman–Crippen MR) is 353 cm³/mol. The van der Waals surface area contributed by atoms with Crippen LogP contribution in [0.25, 0.3) is 168 Å². The number of fused-ring (bicyclic) bond motifs is 14. The van der Waals surface area contributed by atoms with Crippen molar-refractivity contribution in [1.29, 1.82) is 0 Å². The molecule has 17 rings (SSSR count). The summed E-state index contributed by atoms with van der Waals surface area (Å²) in [4.78, 5) is 20.5. The summed E-state index contributed by atoms with van der Waals surface area (Å²) in [5.74, 6) is 1.06. The van der Waals surface area contributed by atoms with E-state index in [4.69, 9.17) is 16.3 Å². The van der Waals surface area contributed by atoms with E-state index in [1.165, 1.54) is 0 Å². The van der Waals surface area contributed by atoms with Crippen LogP contribution in [0.4, 0.5) is 5.69 Å². The molecule has 6 nitrogen and oxygen atoms in total. The number of hydrogen-bond donors (Lipinski definition) is 0. The first-order chi connectivity index (χ1) is 43.7. The Kier molecular flexibility index (Phi) is 9.80. The SMILES string of the molecule is [2H]c1c([2H])c([2H])c(-c2c([N+]#[C-])cc(-c3nc(-c4ccccc4)nc(-c4ccccc4)n3)c(-n3c4ccc(-c5ccccc5)cc4c4c5sc6ccccc6c5ccc43)c2-n2c3ccc(-c4ccccc4)cc3c3c4sc5ccccc5c4ccc32)c([2H])c1[2H]. The third kappa shape index (κ3) is 7.43. The number of rotatable bonds is 8. The Hall–Kier alpha value is -10.8. The Balaban J connectivity index is 1.15. The van der Waals surface area contributed by atoms with Gasteiger partial charge < -0.3 is 9.13 Å². The van der Waals surface area contributed by atoms with Crippen molar-refractivity contribution in [2.75, 3.05) is 0 Å². The standard InChI is InChI=1S/C76H44N6S2/c1-77-60-45-59(76-79-74(49-27-13-5-14-28-49)78-75(80-76)50-29-15-6-16-30-50)70(81-61-39-35-51(46-21-7-2-8-22-46)43-57(61)68-63(81)41-37-55-53-31-17-19-33-65(53)83-72(55)68)71(67(60)48-25-11-4-12-26-48)82-62-40-36-52(47-23-9-3-10-24-47)44-58(62)69-64(82)42-38-56-54-32-18-20-34-66(54)84-73(56)69/h2-45H/i4D,11D,12D,25D,26D. The Morgan fingerprint density at radius 2 is 0.786 bits per heavy atom. The van der Waals surface area contributed by atoms with Crippen LogP contribution in [0.15, 0.2) is 267 Å². The van der Waals surface area contributed by atoms with E-state index in [1.807, 2.05) is 97.1 Å². The second-order valence-electron chi connectivity index (χ2n) is 20.9. The predicted octanol–water partition coefficient (Wildman–Crippen LogP) is 21.4. The first-order valence-corrected chi connectivity index (χ1v) is 29.3. The van der Waals surface area contributed by atoms with Crippen LogP contribution in [-0.2, 0) is 0 Å². The molecule has 0 fully saturated rings. The molecule has 0 unspecified atom stereocenters. The minimum Gasteiger partial charge on any atom is -0.308 e. The highest BCUT2D eigenvalue weighted by Gasteiger charge is 2.31. The minimum atomic E-state index is -0.542. The van der Waals surface area contributed by atoms with Gasteiger partial charge in [-0.3, -0.25) is 0 Å². The summed E-state index contributed by atoms with van der Waals surface area (Å²) in [6.07, 6.45) is 0. The average molecular weight is 1110 g/mol. The maximum Gasteiger partial charge on any atom is 0.197 e. The molecule has 12 aromatic carbocycles. The molecule has 17 aromatic rings. The van der Waals surface area contributed by atoms with Gasteiger partial charge in [-0.25, -0.2) is 19.8 Å². The number of hydrogen-bond acceptors (Lipinski definition) is 5. The summed E-state index contributed by atoms with van der Waals surface area (Å²) in [5, 5.41) is 8.29. The molecule has 5 heterocycles. The smallest absolute Gasteiger partial charge is 0.197 e. The quantitative estimate of drug-likeness (QED) is 0.143. The summed E-state index contributed by atoms with van der Waals surface area (Å²) in [6.45, 7) is 9.44. The molecule has 0 N–H and O–H groups in total. The van der Waals surface area contributed by atoms with E-state index in [0.29, 0.717) is 28.6 Å². The zero-order valence-corrected chi connectivity index (χ0v) is 46.1. The fourth-order valence-corrected chi connectivity index (χ4v) is 15.1. The van der Waals surface area contributed by atoms with Crippen LogP contribution < -0.4 is 0 Å². The molecule has 0 aliphatic heterocycles. The van der Waals surface area contributed by atoms with E-state index in [1.54, 1.807) is 28.7 Å². The molecule has 390 valence electrons. The van der Waals surface area contributed by atoms with E-state index in [9.17, 15) is 12.1 Å². The van der Waals surface area contributed by atoms with Gasteiger partial charge in [0, 0.05) is 84.1 Å². The van der Waals surface area contributed by atoms with Gasteiger partial charge in [0.2, 0.25) is 0 Å². The van der Waals surface area contributed by atoms with Gasteiger partial charge in [0.25, 0.3) is 0 Å². The normalized spacial score (nSPS) is 12.6. The highest BCUT2D eigenvalue weighted by molar-refractivity contribution is 7.27. The number of nitrogens with zero attached hydrogens (tertiary/aromatic N) is 6. The van der Waals surface area contributed by atoms with Gasteiger partial charge in [-0.2, -0.15) is 0 Å². The Morgan fingerprint density at radius 3 is 1.27 bits per heavy atom. The van der Waals surface area contributed by atoms with Crippen LogP contribution in [0.3, 0.4) is 0 Å². The Morgan fingerprint density at radius 1 is 0.357 bits per heavy atom. The largest absolute Gasteiger partial charge is 0.308 e. The van der Waals surface area contributed by atoms with Crippen molar-refractivity contribution in [3.63, 3.8) is 0 Å². The molecule has 5 aromatic heterocycles. The molecule has 0 saturated carbocycles. The van der Waals surface area contributed by atoms with Crippen molar-refractivity contribution >= 4 is 112 Å². The highest BCUT2D eigenvalue weighted by Crippen LogP contribution is 2.53. The fraction of sp³-hybridized carbons (Fsp3) is 0. The van der Waals surface area contributed by atoms with E-state index in [2.05, 4.69) is 147 Å². The molecular formula is C76H44N6S2. The minimum absolute atomic E-state index is 0.0260. The molecule has 0 aliphatic rings. The zero-order valence-electron chi connectivity index (χ0n) is 49.5. The van der Waals surface area contributed by atoms with Gasteiger partial charge in [0.1, 0.15) is 0 Å². The van der Waals surface area contributed by atoms with Crippen LogP contribution in [0.2, 0.25) is 0 Å². The van der Waals surface area contributed by atoms with Gasteiger partial charge in [0.05, 0.1) is 46.9 Å². The summed E-state index contributed by atoms with van der Waals surface area (Å²) in [7, 11) is 0. The summed E-state index contributed by atoms with van der Waals surface area (Å²) in [5.41, 5.74) is 10.2. The van der Waals surface area contributed by atoms with Crippen molar-refractivity contribution in [3.05, 3.63) is 278 Å². The third-order valence-electron chi connectivity index (χ3n) is 16.3. The van der Waals surface area contributed by atoms with Crippen LogP contribution in [0.5, 0.6) is 0 Å². The molecule has 8 heteroatoms. The maximum atomic E-state index is 9.98. The van der Waals surface area contributed by atoms with E-state index < -0.39 is 30.2 Å². The second-order valence-corrected chi connectivity index (χ2v) is 23.0. The summed E-state index contributed by atoms with van der Waals surface area (Å²) < 4.78 is 56.5. The number of aromatic nitrogens is 5. The Bertz CT molecular complexity index is 5790. The zero-order chi connectivity index (χ0) is 59.8. The van der Waals surface area contributed by atoms with E-state index in [0.717, 1.165) is 117 Å². The fourth-order valence-electron chi connectivity index (χ4n) is 12.6. The van der Waals surface area contributed by atoms with Crippen LogP contribution in [0, 0.1) is 6.57 Å². The number of thiophene rings is 2. The molecule has 0 spiro atoms. The van der Waals surface area contributed by atoms with Gasteiger partial charge in [-0.15, -0.1) is 22.7 Å². The third-order valence-corrected chi connectivity index (χ3v) is 18.7. The van der Waals surface area contributed by atoms with E-state index >= 15 is 0 Å². The molecular weight excluding hydrogens is 1060 g/mol. The lowest BCUT2D eigenvalue weighted by molar-refractivity contribution is 1.05. The highest BCUT2D eigenvalue weighted by atomic mass is 32.1. The van der Waals surface area contributed by atoms with Crippen molar-refractivity contribution in [2.45, 2.75) is 0 Å². The van der Waals surface area contributed by atoms with Crippen LogP contribution >= 0.6 is 22.7 Å². The number of benzene rings is 12. The second kappa shape index (κ2) is 19.2. The van der Waals surface area contributed by atoms with Crippen molar-refractivity contribution < 1.29 is 6.85 Å². The van der Waals surface area contributed by atoms with Crippen molar-refractivity contribution in [2.24, 2.45) is 0 Å². The van der Waals surface area contributed by atoms with Gasteiger partial charge in [-0.1, -0.05) is 212 Å². The Labute approximate surface area is 497 Å². The van der Waals surface area contributed by atoms with Crippen LogP contribution in [0.1, 0.15) is 6.85 Å². The van der Waals surface area contributed by atoms with Gasteiger partial charge >= 0.3 is 0 Å². The lowest BCUT2D eigenvalue weighted by Gasteiger charge is -2.25. The molecule has 84 heavy (non-hydrogen) atoms. The molecule has 0 amide bonds. The maximum absolute atomic E-state index is 9.98. The van der Waals surface area contributed by atoms with Crippen LogP contribution in [-0.4, -0.2) is 24.1 Å². The topological polar surface area (TPSA) is 52.9 Å². The molecule has 0 atom stereocenters. The van der Waals surface area contributed by atoms with Gasteiger partial charge in [0.15, 0.2) is 23.2 Å². The first kappa shape index (κ1) is 43.0. The molecule has 0 bridgehead atoms. The molecule has 0 saturated heterocycles. The molecule has 0 aliphatic carbocycles. The summed E-state index contributed by atoms with van der Waals surface area (Å²) in [6, 6.07) is 78.2. The summed E-state index contributed by atoms with van der Waals surface area (Å²) >= 11 is 3.46. The monoisotopic (exact) mass is 1110 g/mol. The van der Waals surface area contributed by atoms with E-state index in [-0.39, 0.29) is 22.6 Å². The lowest BCUT2D eigenvalue weighted by atomic mass is 9.95. The van der Waals surface area contributed by atoms with Gasteiger partial charge in [-0.05, 0) is 82.4 Å². The lowest BCUT2D eigenvalue weighted by Crippen LogP contribution is -2.10. The van der Waals surface area contributed by atoms with Crippen molar-refractivity contribution in [1.82, 2.24) is 24.1 Å². The van der Waals surface area contributed by atoms with Crippen molar-refractivity contribution in [3.8, 4) is 78.9 Å².